The monoisotopic (exact) mass is 1310 g/mol. The number of rotatable bonds is 43. The van der Waals surface area contributed by atoms with E-state index in [-0.39, 0.29) is 133 Å². The molecule has 40 heteroatoms. The highest BCUT2D eigenvalue weighted by Gasteiger charge is 2.50. The summed E-state index contributed by atoms with van der Waals surface area (Å²) in [6, 6.07) is 0.257. The predicted octanol–water partition coefficient (Wildman–Crippen LogP) is -2.58. The van der Waals surface area contributed by atoms with Crippen LogP contribution in [-0.2, 0) is 74.7 Å². The molecule has 2 unspecified atom stereocenters. The number of amides is 3. The number of fused-ring (bicyclic) bond motifs is 3. The van der Waals surface area contributed by atoms with E-state index in [0.717, 1.165) is 25.0 Å². The molecule has 13 atom stereocenters. The minimum atomic E-state index is -4.84. The van der Waals surface area contributed by atoms with Crippen LogP contribution < -0.4 is 32.6 Å². The van der Waals surface area contributed by atoms with Crippen molar-refractivity contribution in [3.05, 3.63) is 29.3 Å². The Labute approximate surface area is 506 Å². The molecule has 0 bridgehead atoms. The third kappa shape index (κ3) is 20.1. The molecule has 494 valence electrons. The standard InChI is InChI=1S/C48H77N13O24P2S/c49-47-58-43-36(44(67)59-47)55-28-61(43)45-39(66)37(64)31(84-45)24-82-86(69,70)80-21-19-78-17-15-76-13-11-75-12-14-77-16-18-79-20-22-81-87(71,72)85-40-38(65)30(23-62)83-46(40)60-27-54-35-41(52-26-53-42(35)60)51-6-8-74-10-9-73-7-5-50-33(63)4-2-1-3-32-34-29(25-88-32)56-48(68)57-34/h26-32,34,37-40,45-46,62,64-66H,1-25H2,(H,50,63)(H,69,70)(H,71,72)(H,51,52,53)(H2,56,57,68)(H3,49,58,59,67)/t29-,30+,31+,32-,34-,37+,38+,39+,40+,45+,46+/m0/s1. The zero-order valence-electron chi connectivity index (χ0n) is 47.8. The molecule has 0 radical (unpaired) electrons. The number of aliphatic hydroxyl groups is 4. The van der Waals surface area contributed by atoms with Gasteiger partial charge in [-0.15, -0.1) is 0 Å². The largest absolute Gasteiger partial charge is 0.472 e. The van der Waals surface area contributed by atoms with Gasteiger partial charge in [0.1, 0.15) is 43.0 Å². The van der Waals surface area contributed by atoms with E-state index in [1.165, 1.54) is 28.1 Å². The molecule has 4 saturated heterocycles. The van der Waals surface area contributed by atoms with Crippen molar-refractivity contribution in [3.63, 3.8) is 0 Å². The Balaban J connectivity index is 0.598. The number of aromatic amines is 1. The van der Waals surface area contributed by atoms with Crippen LogP contribution in [0.3, 0.4) is 0 Å². The second-order valence-electron chi connectivity index (χ2n) is 20.0. The lowest BCUT2D eigenvalue weighted by Crippen LogP contribution is -2.36. The molecule has 13 N–H and O–H groups in total. The number of nitrogens with one attached hydrogen (secondary N) is 5. The Morgan fingerprint density at radius 1 is 0.693 bits per heavy atom. The molecule has 4 aliphatic rings. The third-order valence-electron chi connectivity index (χ3n) is 13.9. The Hall–Kier alpha value is -4.71. The molecule has 3 amide bonds. The second-order valence-corrected chi connectivity index (χ2v) is 24.1. The van der Waals surface area contributed by atoms with Crippen LogP contribution in [0.25, 0.3) is 22.3 Å². The number of carbonyl (C=O) groups excluding carboxylic acids is 2. The molecule has 37 nitrogen and oxygen atoms in total. The number of phosphoric ester groups is 2. The fourth-order valence-corrected chi connectivity index (χ4v) is 12.7. The summed E-state index contributed by atoms with van der Waals surface area (Å²) in [7, 11) is -9.46. The molecule has 4 aromatic heterocycles. The quantitative estimate of drug-likeness (QED) is 0.0123. The molecular weight excluding hydrogens is 1240 g/mol. The first-order chi connectivity index (χ1) is 42.5. The molecule has 0 spiro atoms. The van der Waals surface area contributed by atoms with Gasteiger partial charge in [0, 0.05) is 30.5 Å². The Bertz CT molecular complexity index is 2980. The second kappa shape index (κ2) is 34.6. The van der Waals surface area contributed by atoms with Crippen molar-refractivity contribution in [2.75, 3.05) is 149 Å². The van der Waals surface area contributed by atoms with Gasteiger partial charge in [0.05, 0.1) is 144 Å². The fourth-order valence-electron chi connectivity index (χ4n) is 9.58. The maximum absolute atomic E-state index is 13.1. The summed E-state index contributed by atoms with van der Waals surface area (Å²) in [5.41, 5.74) is 5.44. The van der Waals surface area contributed by atoms with Crippen molar-refractivity contribution in [2.45, 2.75) is 92.1 Å². The van der Waals surface area contributed by atoms with Gasteiger partial charge in [-0.1, -0.05) is 6.42 Å². The number of nitrogens with two attached hydrogens (primary N) is 1. The average Bonchev–Trinajstić information content (AvgIpc) is 2.08. The summed E-state index contributed by atoms with van der Waals surface area (Å²) < 4.78 is 98.3. The summed E-state index contributed by atoms with van der Waals surface area (Å²) in [4.78, 5) is 79.8. The lowest BCUT2D eigenvalue weighted by Gasteiger charge is -2.24. The lowest BCUT2D eigenvalue weighted by atomic mass is 10.0. The first-order valence-electron chi connectivity index (χ1n) is 28.4. The fraction of sp³-hybridized carbons (Fsp3) is 0.750. The number of carbonyl (C=O) groups is 2. The molecule has 0 aliphatic carbocycles. The van der Waals surface area contributed by atoms with Gasteiger partial charge in [0.25, 0.3) is 5.56 Å². The topological polar surface area (TPSA) is 491 Å². The van der Waals surface area contributed by atoms with Gasteiger partial charge >= 0.3 is 21.7 Å². The molecule has 8 heterocycles. The maximum atomic E-state index is 13.1. The molecule has 4 fully saturated rings. The lowest BCUT2D eigenvalue weighted by molar-refractivity contribution is -0.121. The molecule has 88 heavy (non-hydrogen) atoms. The number of phosphoric acid groups is 2. The number of imidazole rings is 2. The van der Waals surface area contributed by atoms with Gasteiger partial charge in [-0.3, -0.25) is 41.8 Å². The van der Waals surface area contributed by atoms with Crippen molar-refractivity contribution < 1.29 is 110 Å². The van der Waals surface area contributed by atoms with E-state index in [0.29, 0.717) is 55.9 Å². The van der Waals surface area contributed by atoms with Gasteiger partial charge in [-0.25, -0.2) is 33.9 Å². The van der Waals surface area contributed by atoms with Crippen LogP contribution in [0.15, 0.2) is 23.8 Å². The van der Waals surface area contributed by atoms with Crippen LogP contribution in [0.4, 0.5) is 16.6 Å². The van der Waals surface area contributed by atoms with Gasteiger partial charge in [-0.2, -0.15) is 16.7 Å². The highest BCUT2D eigenvalue weighted by atomic mass is 32.2. The number of ether oxygens (including phenoxy) is 9. The summed E-state index contributed by atoms with van der Waals surface area (Å²) >= 11 is 1.86. The van der Waals surface area contributed by atoms with E-state index >= 15 is 0 Å². The number of H-pyrrole nitrogens is 1. The highest BCUT2D eigenvalue weighted by Crippen LogP contribution is 2.49. The number of aliphatic hydroxyl groups excluding tert-OH is 4. The van der Waals surface area contributed by atoms with Crippen molar-refractivity contribution >= 4 is 73.4 Å². The number of hydrogen-bond acceptors (Lipinski definition) is 30. The number of nitrogens with zero attached hydrogens (tertiary/aromatic N) is 7. The zero-order chi connectivity index (χ0) is 62.5. The van der Waals surface area contributed by atoms with Gasteiger partial charge in [-0.05, 0) is 12.8 Å². The number of hydrogen-bond donors (Lipinski definition) is 12. The first kappa shape index (κ1) is 69.2. The van der Waals surface area contributed by atoms with Crippen LogP contribution >= 0.6 is 27.4 Å². The Morgan fingerprint density at radius 3 is 1.94 bits per heavy atom. The predicted molar refractivity (Wildman–Crippen MR) is 304 cm³/mol. The van der Waals surface area contributed by atoms with Crippen molar-refractivity contribution in [1.29, 1.82) is 0 Å². The van der Waals surface area contributed by atoms with Crippen LogP contribution in [0, 0.1) is 0 Å². The van der Waals surface area contributed by atoms with E-state index < -0.39 is 83.5 Å². The molecule has 8 rings (SSSR count). The zero-order valence-corrected chi connectivity index (χ0v) is 50.4. The highest BCUT2D eigenvalue weighted by molar-refractivity contribution is 8.00. The summed E-state index contributed by atoms with van der Waals surface area (Å²) in [6.07, 6.45) is -4.31. The van der Waals surface area contributed by atoms with Crippen LogP contribution in [0.1, 0.15) is 38.1 Å². The normalized spacial score (nSPS) is 25.7. The SMILES string of the molecule is Nc1nc2c(ncn2[C@@H]2O[C@H](COP(=O)(O)OCCOCCOCCOCCOCCOCCOP(=O)(O)O[C@@H]3[C@H](O)[C@@H](CO)O[C@H]3n3cnc4c(NCCOCCOCCNC(=O)CCCC[C@@H]5SC[C@@H]6NC(=O)N[C@@H]65)ncnc43)[C@@H](O)[C@H]2O)c(=O)[nH]1. The summed E-state index contributed by atoms with van der Waals surface area (Å²) in [6.45, 7) is 1.40. The van der Waals surface area contributed by atoms with Crippen molar-refractivity contribution in [3.8, 4) is 0 Å². The van der Waals surface area contributed by atoms with Gasteiger partial charge in [0.2, 0.25) is 11.9 Å². The van der Waals surface area contributed by atoms with E-state index in [2.05, 4.69) is 51.2 Å². The Morgan fingerprint density at radius 2 is 1.28 bits per heavy atom. The van der Waals surface area contributed by atoms with Crippen molar-refractivity contribution in [1.82, 2.24) is 55.0 Å². The number of nitrogen functional groups attached to an aromatic ring is 1. The number of thioether (sulfide) groups is 1. The number of anilines is 2. The molecule has 4 aromatic rings. The molecule has 0 saturated carbocycles. The van der Waals surface area contributed by atoms with Crippen LogP contribution in [-0.4, -0.2) is 273 Å². The third-order valence-corrected chi connectivity index (χ3v) is 17.4. The maximum Gasteiger partial charge on any atom is 0.472 e. The number of urea groups is 1. The molecule has 0 aromatic carbocycles. The van der Waals surface area contributed by atoms with Crippen LogP contribution in [0.5, 0.6) is 0 Å². The minimum Gasteiger partial charge on any atom is -0.394 e. The first-order valence-corrected chi connectivity index (χ1v) is 32.4. The van der Waals surface area contributed by atoms with Crippen LogP contribution in [0.2, 0.25) is 0 Å². The van der Waals surface area contributed by atoms with E-state index in [1.807, 2.05) is 11.8 Å². The minimum absolute atomic E-state index is 0.0116. The van der Waals surface area contributed by atoms with Gasteiger partial charge in [0.15, 0.2) is 40.6 Å². The number of aromatic nitrogens is 8. The summed E-state index contributed by atoms with van der Waals surface area (Å²) in [5, 5.41) is 54.3. The van der Waals surface area contributed by atoms with E-state index in [1.54, 1.807) is 0 Å². The van der Waals surface area contributed by atoms with E-state index in [9.17, 15) is 53.7 Å². The number of unbranched alkanes of at least 4 members (excludes halogenated alkanes) is 1. The Kier molecular flexibility index (Phi) is 27.2. The van der Waals surface area contributed by atoms with Crippen molar-refractivity contribution in [2.24, 2.45) is 0 Å². The van der Waals surface area contributed by atoms with Gasteiger partial charge < -0.3 is 99.8 Å². The average molecular weight is 1310 g/mol. The molecule has 4 aliphatic heterocycles. The molecular formula is C48H77N13O24P2S. The van der Waals surface area contributed by atoms with E-state index in [4.69, 9.17) is 66.5 Å². The smallest absolute Gasteiger partial charge is 0.394 e. The summed E-state index contributed by atoms with van der Waals surface area (Å²) in [5.74, 6) is 1.02.